The minimum Gasteiger partial charge on any atom is -0.496 e. The van der Waals surface area contributed by atoms with E-state index in [0.29, 0.717) is 17.7 Å². The minimum absolute atomic E-state index is 0.144. The van der Waals surface area contributed by atoms with Gasteiger partial charge in [0.15, 0.2) is 5.16 Å². The molecule has 2 aromatic rings. The summed E-state index contributed by atoms with van der Waals surface area (Å²) in [5.74, 6) is 1.56. The van der Waals surface area contributed by atoms with Crippen molar-refractivity contribution >= 4 is 29.0 Å². The Morgan fingerprint density at radius 3 is 2.71 bits per heavy atom. The first-order valence-corrected chi connectivity index (χ1v) is 10.1. The predicted molar refractivity (Wildman–Crippen MR) is 104 cm³/mol. The van der Waals surface area contributed by atoms with Crippen LogP contribution in [-0.4, -0.2) is 38.0 Å². The molecule has 1 aromatic carbocycles. The number of methoxy groups -OCH3 is 1. The number of nitro benzene ring substituents is 1. The highest BCUT2D eigenvalue weighted by Gasteiger charge is 2.37. The molecule has 9 nitrogen and oxygen atoms in total. The normalized spacial score (nSPS) is 17.2. The van der Waals surface area contributed by atoms with Crippen LogP contribution >= 0.6 is 11.8 Å². The molecule has 0 unspecified atom stereocenters. The molecule has 10 heteroatoms. The first kappa shape index (κ1) is 18.7. The van der Waals surface area contributed by atoms with Gasteiger partial charge in [-0.05, 0) is 44.7 Å². The van der Waals surface area contributed by atoms with E-state index >= 15 is 0 Å². The average molecular weight is 403 g/mol. The molecule has 1 N–H and O–H groups in total. The van der Waals surface area contributed by atoms with Gasteiger partial charge in [0.05, 0.1) is 23.3 Å². The van der Waals surface area contributed by atoms with Crippen molar-refractivity contribution in [2.75, 3.05) is 12.4 Å². The van der Waals surface area contributed by atoms with E-state index in [1.807, 2.05) is 0 Å². The fourth-order valence-corrected chi connectivity index (χ4v) is 3.93. The number of nitro groups is 1. The molecule has 28 heavy (non-hydrogen) atoms. The SMILES string of the molecule is COc1ccc(NC(=O)[C@@H](C)Sc2nnc(C3CC3)n2C2CC2)c([N+](=O)[O-])c1. The van der Waals surface area contributed by atoms with Gasteiger partial charge in [0.1, 0.15) is 17.3 Å². The fourth-order valence-electron chi connectivity index (χ4n) is 3.01. The van der Waals surface area contributed by atoms with Gasteiger partial charge in [-0.3, -0.25) is 14.9 Å². The quantitative estimate of drug-likeness (QED) is 0.407. The molecular weight excluding hydrogens is 382 g/mol. The Kier molecular flexibility index (Phi) is 4.96. The summed E-state index contributed by atoms with van der Waals surface area (Å²) in [7, 11) is 1.43. The summed E-state index contributed by atoms with van der Waals surface area (Å²) in [5, 5.41) is 22.9. The molecule has 4 rings (SSSR count). The van der Waals surface area contributed by atoms with Gasteiger partial charge in [0, 0.05) is 12.0 Å². The Morgan fingerprint density at radius 1 is 1.36 bits per heavy atom. The molecular formula is C18H21N5O4S. The topological polar surface area (TPSA) is 112 Å². The fraction of sp³-hybridized carbons (Fsp3) is 0.500. The van der Waals surface area contributed by atoms with Gasteiger partial charge >= 0.3 is 0 Å². The van der Waals surface area contributed by atoms with Gasteiger partial charge in [-0.15, -0.1) is 10.2 Å². The number of thioether (sulfide) groups is 1. The van der Waals surface area contributed by atoms with Gasteiger partial charge in [0.25, 0.3) is 5.69 Å². The molecule has 1 amide bonds. The van der Waals surface area contributed by atoms with Gasteiger partial charge in [0.2, 0.25) is 5.91 Å². The maximum atomic E-state index is 12.7. The monoisotopic (exact) mass is 403 g/mol. The molecule has 1 atom stereocenters. The zero-order valence-electron chi connectivity index (χ0n) is 15.6. The van der Waals surface area contributed by atoms with Crippen LogP contribution in [0, 0.1) is 10.1 Å². The largest absolute Gasteiger partial charge is 0.496 e. The summed E-state index contributed by atoms with van der Waals surface area (Å²) in [4.78, 5) is 23.4. The van der Waals surface area contributed by atoms with Gasteiger partial charge in [-0.1, -0.05) is 11.8 Å². The number of nitrogens with zero attached hydrogens (tertiary/aromatic N) is 4. The Morgan fingerprint density at radius 2 is 2.11 bits per heavy atom. The predicted octanol–water partition coefficient (Wildman–Crippen LogP) is 3.53. The lowest BCUT2D eigenvalue weighted by molar-refractivity contribution is -0.384. The lowest BCUT2D eigenvalue weighted by Gasteiger charge is -2.13. The van der Waals surface area contributed by atoms with Gasteiger partial charge in [-0.25, -0.2) is 0 Å². The van der Waals surface area contributed by atoms with Crippen LogP contribution in [0.2, 0.25) is 0 Å². The third kappa shape index (κ3) is 3.82. The molecule has 2 aliphatic rings. The van der Waals surface area contributed by atoms with Crippen LogP contribution in [0.3, 0.4) is 0 Å². The molecule has 2 aliphatic carbocycles. The average Bonchev–Trinajstić information content (AvgIpc) is 3.60. The zero-order chi connectivity index (χ0) is 19.8. The molecule has 1 aromatic heterocycles. The Labute approximate surface area is 166 Å². The Hall–Kier alpha value is -2.62. The van der Waals surface area contributed by atoms with Crippen LogP contribution in [0.15, 0.2) is 23.4 Å². The van der Waals surface area contributed by atoms with Crippen LogP contribution in [0.4, 0.5) is 11.4 Å². The number of carbonyl (C=O) groups excluding carboxylic acids is 1. The van der Waals surface area contributed by atoms with Crippen LogP contribution in [-0.2, 0) is 4.79 Å². The van der Waals surface area contributed by atoms with Gasteiger partial charge < -0.3 is 14.6 Å². The van der Waals surface area contributed by atoms with Crippen molar-refractivity contribution < 1.29 is 14.5 Å². The second-order valence-electron chi connectivity index (χ2n) is 7.11. The van der Waals surface area contributed by atoms with Gasteiger partial charge in [-0.2, -0.15) is 0 Å². The van der Waals surface area contributed by atoms with Crippen molar-refractivity contribution in [3.63, 3.8) is 0 Å². The number of ether oxygens (including phenoxy) is 1. The second-order valence-corrected chi connectivity index (χ2v) is 8.41. The summed E-state index contributed by atoms with van der Waals surface area (Å²) in [6.45, 7) is 1.76. The number of hydrogen-bond donors (Lipinski definition) is 1. The second kappa shape index (κ2) is 7.42. The molecule has 2 saturated carbocycles. The number of carbonyl (C=O) groups is 1. The number of anilines is 1. The van der Waals surface area contributed by atoms with E-state index in [1.54, 1.807) is 13.0 Å². The summed E-state index contributed by atoms with van der Waals surface area (Å²) < 4.78 is 7.20. The molecule has 0 spiro atoms. The van der Waals surface area contributed by atoms with E-state index in [-0.39, 0.29) is 17.3 Å². The number of aromatic nitrogens is 3. The van der Waals surface area contributed by atoms with E-state index < -0.39 is 10.2 Å². The third-order valence-electron chi connectivity index (χ3n) is 4.86. The van der Waals surface area contributed by atoms with Crippen molar-refractivity contribution in [2.45, 2.75) is 55.0 Å². The molecule has 1 heterocycles. The van der Waals surface area contributed by atoms with Crippen molar-refractivity contribution in [3.8, 4) is 5.75 Å². The smallest absolute Gasteiger partial charge is 0.296 e. The van der Waals surface area contributed by atoms with Crippen molar-refractivity contribution in [3.05, 3.63) is 34.1 Å². The molecule has 148 valence electrons. The van der Waals surface area contributed by atoms with E-state index in [4.69, 9.17) is 4.74 Å². The van der Waals surface area contributed by atoms with Crippen LogP contribution in [0.1, 0.15) is 50.4 Å². The molecule has 0 aliphatic heterocycles. The minimum atomic E-state index is -0.540. The third-order valence-corrected chi connectivity index (χ3v) is 5.91. The van der Waals surface area contributed by atoms with Crippen molar-refractivity contribution in [2.24, 2.45) is 0 Å². The van der Waals surface area contributed by atoms with E-state index in [0.717, 1.165) is 36.7 Å². The van der Waals surface area contributed by atoms with E-state index in [2.05, 4.69) is 20.1 Å². The van der Waals surface area contributed by atoms with Crippen LogP contribution in [0.5, 0.6) is 5.75 Å². The molecule has 0 bridgehead atoms. The summed E-state index contributed by atoms with van der Waals surface area (Å²) >= 11 is 1.34. The Balaban J connectivity index is 1.48. The number of amides is 1. The molecule has 0 radical (unpaired) electrons. The van der Waals surface area contributed by atoms with E-state index in [9.17, 15) is 14.9 Å². The van der Waals surface area contributed by atoms with Crippen molar-refractivity contribution in [1.29, 1.82) is 0 Å². The number of rotatable bonds is 8. The highest BCUT2D eigenvalue weighted by atomic mass is 32.2. The first-order valence-electron chi connectivity index (χ1n) is 9.22. The lowest BCUT2D eigenvalue weighted by Crippen LogP contribution is -2.23. The summed E-state index contributed by atoms with van der Waals surface area (Å²) in [6.07, 6.45) is 4.52. The lowest BCUT2D eigenvalue weighted by atomic mass is 10.2. The van der Waals surface area contributed by atoms with E-state index in [1.165, 1.54) is 31.0 Å². The summed E-state index contributed by atoms with van der Waals surface area (Å²) in [5.41, 5.74) is -0.0624. The zero-order valence-corrected chi connectivity index (χ0v) is 16.4. The first-order chi connectivity index (χ1) is 13.5. The molecule has 2 fully saturated rings. The van der Waals surface area contributed by atoms with Crippen LogP contribution < -0.4 is 10.1 Å². The number of benzene rings is 1. The maximum absolute atomic E-state index is 12.7. The highest BCUT2D eigenvalue weighted by molar-refractivity contribution is 8.00. The standard InChI is InChI=1S/C18H21N5O4S/c1-10(17(24)19-14-8-7-13(27-2)9-15(14)23(25)26)28-18-21-20-16(11-3-4-11)22(18)12-5-6-12/h7-12H,3-6H2,1-2H3,(H,19,24)/t10-/m1/s1. The highest BCUT2D eigenvalue weighted by Crippen LogP contribution is 2.46. The number of nitrogens with one attached hydrogen (secondary N) is 1. The van der Waals surface area contributed by atoms with Crippen molar-refractivity contribution in [1.82, 2.24) is 14.8 Å². The molecule has 0 saturated heterocycles. The summed E-state index contributed by atoms with van der Waals surface area (Å²) in [6, 6.07) is 4.78. The Bertz CT molecular complexity index is 923. The number of hydrogen-bond acceptors (Lipinski definition) is 7. The van der Waals surface area contributed by atoms with Crippen LogP contribution in [0.25, 0.3) is 0 Å². The maximum Gasteiger partial charge on any atom is 0.296 e.